The molecule has 0 spiro atoms. The normalized spacial score (nSPS) is 11.1. The second-order valence-electron chi connectivity index (χ2n) is 13.1. The van der Waals surface area contributed by atoms with Crippen LogP contribution in [0.5, 0.6) is 0 Å². The molecule has 0 bridgehead atoms. The van der Waals surface area contributed by atoms with Crippen LogP contribution in [0.4, 0.5) is 34.1 Å². The van der Waals surface area contributed by atoms with Gasteiger partial charge in [0.25, 0.3) is 0 Å². The van der Waals surface area contributed by atoms with E-state index in [9.17, 15) is 0 Å². The molecule has 0 N–H and O–H groups in total. The summed E-state index contributed by atoms with van der Waals surface area (Å²) in [5.41, 5.74) is 11.4. The molecule has 2 nitrogen and oxygen atoms in total. The number of para-hydroxylation sites is 3. The van der Waals surface area contributed by atoms with Gasteiger partial charge in [0, 0.05) is 34.1 Å². The molecule has 0 unspecified atom stereocenters. The molecule has 0 atom stereocenters. The predicted molar refractivity (Wildman–Crippen MR) is 222 cm³/mol. The van der Waals surface area contributed by atoms with E-state index in [1.54, 1.807) is 0 Å². The van der Waals surface area contributed by atoms with E-state index in [0.29, 0.717) is 0 Å². The van der Waals surface area contributed by atoms with Gasteiger partial charge in [-0.15, -0.1) is 0 Å². The summed E-state index contributed by atoms with van der Waals surface area (Å²) in [6, 6.07) is 78.3. The van der Waals surface area contributed by atoms with Gasteiger partial charge in [0.1, 0.15) is 0 Å². The summed E-state index contributed by atoms with van der Waals surface area (Å²) in [7, 11) is 0. The number of nitrogens with zero attached hydrogens (tertiary/aromatic N) is 2. The predicted octanol–water partition coefficient (Wildman–Crippen LogP) is 14.3. The van der Waals surface area contributed by atoms with Crippen LogP contribution < -0.4 is 9.80 Å². The number of anilines is 6. The van der Waals surface area contributed by atoms with E-state index in [0.717, 1.165) is 34.1 Å². The third-order valence-electron chi connectivity index (χ3n) is 9.77. The lowest BCUT2D eigenvalue weighted by Crippen LogP contribution is -2.13. The maximum atomic E-state index is 2.34. The van der Waals surface area contributed by atoms with E-state index in [-0.39, 0.29) is 0 Å². The fraction of sp³-hybridized carbons (Fsp3) is 0. The van der Waals surface area contributed by atoms with Crippen molar-refractivity contribution in [2.45, 2.75) is 0 Å². The zero-order valence-corrected chi connectivity index (χ0v) is 28.7. The molecule has 0 heterocycles. The van der Waals surface area contributed by atoms with Crippen molar-refractivity contribution < 1.29 is 0 Å². The first-order valence-electron chi connectivity index (χ1n) is 17.8. The third kappa shape index (κ3) is 6.08. The Balaban J connectivity index is 1.15. The van der Waals surface area contributed by atoms with Crippen LogP contribution in [0.3, 0.4) is 0 Å². The molecule has 0 saturated carbocycles. The number of rotatable bonds is 8. The minimum atomic E-state index is 1.08. The molecule has 0 aliphatic heterocycles. The largest absolute Gasteiger partial charge is 0.310 e. The number of benzene rings is 9. The van der Waals surface area contributed by atoms with Crippen molar-refractivity contribution in [1.82, 2.24) is 0 Å². The van der Waals surface area contributed by atoms with Crippen molar-refractivity contribution >= 4 is 55.7 Å². The highest BCUT2D eigenvalue weighted by molar-refractivity contribution is 5.99. The van der Waals surface area contributed by atoms with Gasteiger partial charge in [0.2, 0.25) is 0 Å². The first-order valence-corrected chi connectivity index (χ1v) is 17.8. The molecule has 246 valence electrons. The van der Waals surface area contributed by atoms with Crippen LogP contribution in [0.1, 0.15) is 0 Å². The molecule has 9 rings (SSSR count). The summed E-state index contributed by atoms with van der Waals surface area (Å²) in [5, 5.41) is 4.96. The van der Waals surface area contributed by atoms with Crippen LogP contribution in [0.15, 0.2) is 218 Å². The lowest BCUT2D eigenvalue weighted by atomic mass is 9.90. The Morgan fingerprint density at radius 3 is 1.08 bits per heavy atom. The van der Waals surface area contributed by atoms with Crippen molar-refractivity contribution in [2.24, 2.45) is 0 Å². The van der Waals surface area contributed by atoms with Crippen molar-refractivity contribution in [2.75, 3.05) is 9.80 Å². The molecule has 2 heteroatoms. The quantitative estimate of drug-likeness (QED) is 0.159. The first-order chi connectivity index (χ1) is 25.8. The third-order valence-corrected chi connectivity index (χ3v) is 9.77. The fourth-order valence-corrected chi connectivity index (χ4v) is 7.26. The van der Waals surface area contributed by atoms with Crippen LogP contribution in [-0.4, -0.2) is 0 Å². The topological polar surface area (TPSA) is 6.48 Å². The maximum Gasteiger partial charge on any atom is 0.0482 e. The Morgan fingerprint density at radius 1 is 0.212 bits per heavy atom. The van der Waals surface area contributed by atoms with E-state index in [1.165, 1.54) is 43.8 Å². The van der Waals surface area contributed by atoms with E-state index in [4.69, 9.17) is 0 Å². The summed E-state index contributed by atoms with van der Waals surface area (Å²) in [6.07, 6.45) is 0. The molecule has 0 aliphatic carbocycles. The zero-order chi connectivity index (χ0) is 34.7. The highest BCUT2D eigenvalue weighted by atomic mass is 15.2. The van der Waals surface area contributed by atoms with Crippen LogP contribution in [-0.2, 0) is 0 Å². The Hall–Kier alpha value is -6.90. The summed E-state index contributed by atoms with van der Waals surface area (Å²) < 4.78 is 0. The molecule has 0 aliphatic rings. The second-order valence-corrected chi connectivity index (χ2v) is 13.1. The molecule has 0 amide bonds. The summed E-state index contributed by atoms with van der Waals surface area (Å²) >= 11 is 0. The van der Waals surface area contributed by atoms with Gasteiger partial charge < -0.3 is 9.80 Å². The molecule has 52 heavy (non-hydrogen) atoms. The number of fused-ring (bicyclic) bond motifs is 2. The Labute approximate surface area is 305 Å². The summed E-state index contributed by atoms with van der Waals surface area (Å²) in [4.78, 5) is 4.65. The molecule has 0 fully saturated rings. The Morgan fingerprint density at radius 2 is 0.577 bits per heavy atom. The zero-order valence-electron chi connectivity index (χ0n) is 28.7. The minimum absolute atomic E-state index is 1.08. The summed E-state index contributed by atoms with van der Waals surface area (Å²) in [6.45, 7) is 0. The van der Waals surface area contributed by atoms with E-state index in [2.05, 4.69) is 228 Å². The van der Waals surface area contributed by atoms with Crippen molar-refractivity contribution in [3.63, 3.8) is 0 Å². The van der Waals surface area contributed by atoms with Crippen molar-refractivity contribution in [3.8, 4) is 22.3 Å². The Kier molecular flexibility index (Phi) is 8.24. The van der Waals surface area contributed by atoms with Gasteiger partial charge in [0.05, 0.1) is 0 Å². The van der Waals surface area contributed by atoms with E-state index >= 15 is 0 Å². The van der Waals surface area contributed by atoms with Gasteiger partial charge in [-0.05, 0) is 129 Å². The van der Waals surface area contributed by atoms with E-state index in [1.807, 2.05) is 0 Å². The van der Waals surface area contributed by atoms with Crippen molar-refractivity contribution in [1.29, 1.82) is 0 Å². The lowest BCUT2D eigenvalue weighted by Gasteiger charge is -2.29. The Bertz CT molecular complexity index is 2570. The lowest BCUT2D eigenvalue weighted by molar-refractivity contribution is 1.25. The monoisotopic (exact) mass is 664 g/mol. The van der Waals surface area contributed by atoms with Crippen LogP contribution in [0.2, 0.25) is 0 Å². The number of hydrogen-bond donors (Lipinski definition) is 0. The molecule has 0 radical (unpaired) electrons. The van der Waals surface area contributed by atoms with E-state index < -0.39 is 0 Å². The minimum Gasteiger partial charge on any atom is -0.310 e. The maximum absolute atomic E-state index is 2.34. The molecule has 9 aromatic carbocycles. The average molecular weight is 665 g/mol. The van der Waals surface area contributed by atoms with Crippen LogP contribution in [0, 0.1) is 0 Å². The second kappa shape index (κ2) is 13.8. The summed E-state index contributed by atoms with van der Waals surface area (Å²) in [5.74, 6) is 0. The van der Waals surface area contributed by atoms with Crippen LogP contribution in [0.25, 0.3) is 43.8 Å². The van der Waals surface area contributed by atoms with Crippen LogP contribution >= 0.6 is 0 Å². The standard InChI is InChI=1S/C50H36N2/c1-4-19-43(20-5-1)51(44-21-6-2-7-22-44)47-25-14-26-48(36-47)52(45-23-8-3-9-24-45)46-31-29-38(30-32-46)49-34-40-17-12-13-18-41(40)35-50(49)42-28-27-37-15-10-11-16-39(37)33-42/h1-36H. The van der Waals surface area contributed by atoms with Gasteiger partial charge in [-0.1, -0.05) is 133 Å². The molecular formula is C50H36N2. The fourth-order valence-electron chi connectivity index (χ4n) is 7.26. The van der Waals surface area contributed by atoms with Gasteiger partial charge >= 0.3 is 0 Å². The highest BCUT2D eigenvalue weighted by Gasteiger charge is 2.18. The first kappa shape index (κ1) is 31.1. The van der Waals surface area contributed by atoms with Gasteiger partial charge in [-0.3, -0.25) is 0 Å². The highest BCUT2D eigenvalue weighted by Crippen LogP contribution is 2.42. The average Bonchev–Trinajstić information content (AvgIpc) is 3.22. The number of hydrogen-bond acceptors (Lipinski definition) is 2. The van der Waals surface area contributed by atoms with Gasteiger partial charge in [0.15, 0.2) is 0 Å². The molecule has 0 saturated heterocycles. The molecular weight excluding hydrogens is 629 g/mol. The van der Waals surface area contributed by atoms with Gasteiger partial charge in [-0.25, -0.2) is 0 Å². The molecule has 0 aromatic heterocycles. The molecule has 9 aromatic rings. The van der Waals surface area contributed by atoms with Crippen molar-refractivity contribution in [3.05, 3.63) is 218 Å². The van der Waals surface area contributed by atoms with Gasteiger partial charge in [-0.2, -0.15) is 0 Å². The smallest absolute Gasteiger partial charge is 0.0482 e. The SMILES string of the molecule is c1ccc(N(c2ccccc2)c2cccc(N(c3ccccc3)c3ccc(-c4cc5ccccc5cc4-c4ccc5ccccc5c4)cc3)c2)cc1.